The van der Waals surface area contributed by atoms with Gasteiger partial charge in [-0.3, -0.25) is 4.98 Å². The second kappa shape index (κ2) is 9.66. The molecule has 1 N–H and O–H groups in total. The number of allylic oxidation sites excluding steroid dienone is 1. The van der Waals surface area contributed by atoms with Crippen molar-refractivity contribution < 1.29 is 4.74 Å². The number of hydrogen-bond donors (Lipinski definition) is 1. The number of rotatable bonds is 5. The minimum atomic E-state index is -0.190. The zero-order chi connectivity index (χ0) is 26.5. The van der Waals surface area contributed by atoms with Gasteiger partial charge in [0.2, 0.25) is 0 Å². The van der Waals surface area contributed by atoms with Gasteiger partial charge in [-0.25, -0.2) is 0 Å². The standard InChI is InChI=1S/C30H33ClN4OS/c1-18(2)36-21-12-10-20(11-13-21)35-28(27(33-29(35)37)25-9-7-8-14-32-25)23-15-22-19(3)17-30(4,5)34(6)26(22)16-24(23)31/h7-18,27-28H,1-6H3,(H,33,37)/t27-,28+/m1/s1. The molecule has 1 fully saturated rings. The van der Waals surface area contributed by atoms with Crippen LogP contribution in [0.1, 0.15) is 63.5 Å². The van der Waals surface area contributed by atoms with Crippen LogP contribution in [-0.2, 0) is 0 Å². The van der Waals surface area contributed by atoms with E-state index in [2.05, 4.69) is 66.1 Å². The molecule has 0 saturated carbocycles. The van der Waals surface area contributed by atoms with Gasteiger partial charge in [0.25, 0.3) is 0 Å². The van der Waals surface area contributed by atoms with Gasteiger partial charge in [0.1, 0.15) is 5.75 Å². The lowest BCUT2D eigenvalue weighted by molar-refractivity contribution is 0.242. The molecule has 5 nitrogen and oxygen atoms in total. The highest BCUT2D eigenvalue weighted by Gasteiger charge is 2.42. The molecule has 2 aliphatic heterocycles. The van der Waals surface area contributed by atoms with Gasteiger partial charge in [-0.05, 0) is 107 Å². The van der Waals surface area contributed by atoms with Gasteiger partial charge < -0.3 is 19.9 Å². The molecule has 5 rings (SSSR count). The van der Waals surface area contributed by atoms with E-state index in [1.807, 2.05) is 62.5 Å². The van der Waals surface area contributed by atoms with E-state index < -0.39 is 0 Å². The first kappa shape index (κ1) is 25.6. The largest absolute Gasteiger partial charge is 0.491 e. The van der Waals surface area contributed by atoms with Crippen LogP contribution in [0.3, 0.4) is 0 Å². The van der Waals surface area contributed by atoms with Gasteiger partial charge in [0.15, 0.2) is 5.11 Å². The second-order valence-corrected chi connectivity index (χ2v) is 11.4. The summed E-state index contributed by atoms with van der Waals surface area (Å²) < 4.78 is 5.87. The number of thiocarbonyl (C=S) groups is 1. The summed E-state index contributed by atoms with van der Waals surface area (Å²) in [7, 11) is 2.12. The lowest BCUT2D eigenvalue weighted by Crippen LogP contribution is -2.42. The fourth-order valence-electron chi connectivity index (χ4n) is 5.32. The van der Waals surface area contributed by atoms with E-state index in [0.29, 0.717) is 10.1 Å². The Morgan fingerprint density at radius 3 is 2.49 bits per heavy atom. The first-order chi connectivity index (χ1) is 17.6. The Kier molecular flexibility index (Phi) is 6.67. The van der Waals surface area contributed by atoms with Crippen molar-refractivity contribution in [1.82, 2.24) is 10.3 Å². The molecule has 2 atom stereocenters. The Morgan fingerprint density at radius 1 is 1.11 bits per heavy atom. The van der Waals surface area contributed by atoms with Crippen LogP contribution in [0, 0.1) is 0 Å². The molecule has 37 heavy (non-hydrogen) atoms. The number of fused-ring (bicyclic) bond motifs is 1. The van der Waals surface area contributed by atoms with Gasteiger partial charge in [-0.1, -0.05) is 23.7 Å². The molecular weight excluding hydrogens is 500 g/mol. The van der Waals surface area contributed by atoms with Gasteiger partial charge in [0, 0.05) is 35.2 Å². The van der Waals surface area contributed by atoms with Crippen LogP contribution < -0.4 is 19.9 Å². The number of pyridine rings is 1. The molecule has 7 heteroatoms. The molecule has 0 bridgehead atoms. The summed E-state index contributed by atoms with van der Waals surface area (Å²) in [6.45, 7) is 10.6. The normalized spacial score (nSPS) is 20.5. The van der Waals surface area contributed by atoms with E-state index in [1.165, 1.54) is 11.1 Å². The molecule has 0 unspecified atom stereocenters. The quantitative estimate of drug-likeness (QED) is 0.347. The molecule has 1 saturated heterocycles. The second-order valence-electron chi connectivity index (χ2n) is 10.6. The average molecular weight is 533 g/mol. The van der Waals surface area contributed by atoms with Gasteiger partial charge in [-0.15, -0.1) is 0 Å². The van der Waals surface area contributed by atoms with Crippen molar-refractivity contribution in [1.29, 1.82) is 0 Å². The Balaban J connectivity index is 1.65. The van der Waals surface area contributed by atoms with E-state index >= 15 is 0 Å². The van der Waals surface area contributed by atoms with E-state index in [-0.39, 0.29) is 23.7 Å². The molecule has 0 spiro atoms. The van der Waals surface area contributed by atoms with E-state index in [4.69, 9.17) is 28.6 Å². The maximum Gasteiger partial charge on any atom is 0.174 e. The van der Waals surface area contributed by atoms with Crippen molar-refractivity contribution in [3.8, 4) is 5.75 Å². The molecule has 2 aromatic carbocycles. The number of nitrogens with one attached hydrogen (secondary N) is 1. The minimum Gasteiger partial charge on any atom is -0.491 e. The molecule has 3 heterocycles. The van der Waals surface area contributed by atoms with Gasteiger partial charge in [-0.2, -0.15) is 0 Å². The summed E-state index contributed by atoms with van der Waals surface area (Å²) in [5.74, 6) is 0.827. The third kappa shape index (κ3) is 4.69. The highest BCUT2D eigenvalue weighted by atomic mass is 35.5. The lowest BCUT2D eigenvalue weighted by atomic mass is 9.86. The topological polar surface area (TPSA) is 40.6 Å². The summed E-state index contributed by atoms with van der Waals surface area (Å²) in [6.07, 6.45) is 4.23. The first-order valence-corrected chi connectivity index (χ1v) is 13.4. The summed E-state index contributed by atoms with van der Waals surface area (Å²) in [5, 5.41) is 4.88. The number of aromatic nitrogens is 1. The van der Waals surface area contributed by atoms with E-state index in [9.17, 15) is 0 Å². The van der Waals surface area contributed by atoms with Crippen LogP contribution in [0.4, 0.5) is 11.4 Å². The van der Waals surface area contributed by atoms with Crippen LogP contribution in [0.25, 0.3) is 5.57 Å². The lowest BCUT2D eigenvalue weighted by Gasteiger charge is -2.41. The number of nitrogens with zero attached hydrogens (tertiary/aromatic N) is 3. The number of benzene rings is 2. The van der Waals surface area contributed by atoms with Gasteiger partial charge >= 0.3 is 0 Å². The fourth-order valence-corrected chi connectivity index (χ4v) is 5.94. The highest BCUT2D eigenvalue weighted by molar-refractivity contribution is 7.80. The van der Waals surface area contributed by atoms with Crippen molar-refractivity contribution in [2.24, 2.45) is 0 Å². The average Bonchev–Trinajstić information content (AvgIpc) is 3.19. The Bertz CT molecular complexity index is 1350. The molecule has 0 amide bonds. The van der Waals surface area contributed by atoms with Crippen molar-refractivity contribution in [3.63, 3.8) is 0 Å². The molecule has 3 aromatic rings. The van der Waals surface area contributed by atoms with Crippen molar-refractivity contribution >= 4 is 45.9 Å². The molecule has 192 valence electrons. The summed E-state index contributed by atoms with van der Waals surface area (Å²) >= 11 is 13.0. The maximum absolute atomic E-state index is 7.10. The molecule has 1 aromatic heterocycles. The molecule has 2 aliphatic rings. The van der Waals surface area contributed by atoms with Crippen LogP contribution in [0.2, 0.25) is 5.02 Å². The van der Waals surface area contributed by atoms with Crippen molar-refractivity contribution in [2.45, 2.75) is 58.3 Å². The monoisotopic (exact) mass is 532 g/mol. The zero-order valence-corrected chi connectivity index (χ0v) is 23.7. The predicted molar refractivity (Wildman–Crippen MR) is 158 cm³/mol. The number of anilines is 2. The maximum atomic E-state index is 7.10. The van der Waals surface area contributed by atoms with Crippen molar-refractivity contribution in [3.05, 3.63) is 88.7 Å². The third-order valence-electron chi connectivity index (χ3n) is 7.24. The SMILES string of the molecule is CC1=CC(C)(C)N(C)c2cc(Cl)c([C@H]3[C@@H](c4ccccn4)NC(=S)N3c3ccc(OC(C)C)cc3)cc21. The summed E-state index contributed by atoms with van der Waals surface area (Å²) in [6, 6.07) is 18.0. The third-order valence-corrected chi connectivity index (χ3v) is 7.88. The number of hydrogen-bond acceptors (Lipinski definition) is 4. The summed E-state index contributed by atoms with van der Waals surface area (Å²) in [5.41, 5.74) is 6.34. The van der Waals surface area contributed by atoms with Crippen LogP contribution in [-0.4, -0.2) is 28.8 Å². The number of halogens is 1. The van der Waals surface area contributed by atoms with Crippen LogP contribution >= 0.6 is 23.8 Å². The zero-order valence-electron chi connectivity index (χ0n) is 22.1. The van der Waals surface area contributed by atoms with Crippen molar-refractivity contribution in [2.75, 3.05) is 16.8 Å². The minimum absolute atomic E-state index is 0.0965. The van der Waals surface area contributed by atoms with Crippen LogP contribution in [0.15, 0.2) is 66.9 Å². The number of likely N-dealkylation sites (N-methyl/N-ethyl adjacent to an activating group) is 1. The van der Waals surface area contributed by atoms with E-state index in [0.717, 1.165) is 28.4 Å². The smallest absolute Gasteiger partial charge is 0.174 e. The number of ether oxygens (including phenoxy) is 1. The van der Waals surface area contributed by atoms with Crippen LogP contribution in [0.5, 0.6) is 5.75 Å². The first-order valence-electron chi connectivity index (χ1n) is 12.6. The predicted octanol–water partition coefficient (Wildman–Crippen LogP) is 7.33. The Morgan fingerprint density at radius 2 is 1.84 bits per heavy atom. The molecule has 0 aliphatic carbocycles. The Hall–Kier alpha value is -3.09. The summed E-state index contributed by atoms with van der Waals surface area (Å²) in [4.78, 5) is 9.11. The highest BCUT2D eigenvalue weighted by Crippen LogP contribution is 2.48. The van der Waals surface area contributed by atoms with Gasteiger partial charge in [0.05, 0.1) is 29.4 Å². The van der Waals surface area contributed by atoms with E-state index in [1.54, 1.807) is 0 Å². The molecule has 0 radical (unpaired) electrons. The molecular formula is C30H33ClN4OS. The Labute approximate surface area is 230 Å². The fraction of sp³-hybridized carbons (Fsp3) is 0.333.